The third-order valence-electron chi connectivity index (χ3n) is 9.94. The molecule has 3 N–H and O–H groups in total. The zero-order valence-corrected chi connectivity index (χ0v) is 29.7. The first-order chi connectivity index (χ1) is 25.3. The number of carbonyl (C=O) groups is 3. The number of hydrogen-bond donors (Lipinski definition) is 3. The molecule has 0 unspecified atom stereocenters. The molecule has 0 aliphatic carbocycles. The number of aromatic amines is 2. The second-order valence-electron chi connectivity index (χ2n) is 13.7. The van der Waals surface area contributed by atoms with Gasteiger partial charge < -0.3 is 34.7 Å². The lowest BCUT2D eigenvalue weighted by Crippen LogP contribution is -2.42. The van der Waals surface area contributed by atoms with Crippen LogP contribution in [0.3, 0.4) is 0 Å². The summed E-state index contributed by atoms with van der Waals surface area (Å²) in [5.74, 6) is 1.48. The third kappa shape index (κ3) is 7.33. The monoisotopic (exact) mass is 700 g/mol. The third-order valence-corrected chi connectivity index (χ3v) is 9.94. The molecule has 2 aromatic heterocycles. The second-order valence-corrected chi connectivity index (χ2v) is 13.7. The Bertz CT molecular complexity index is 2000. The number of amides is 3. The lowest BCUT2D eigenvalue weighted by molar-refractivity contribution is -0.134. The van der Waals surface area contributed by atoms with Gasteiger partial charge in [0.2, 0.25) is 5.91 Å². The van der Waals surface area contributed by atoms with Crippen molar-refractivity contribution in [3.8, 4) is 33.6 Å². The van der Waals surface area contributed by atoms with Crippen molar-refractivity contribution in [2.75, 3.05) is 40.8 Å². The molecule has 0 saturated carbocycles. The lowest BCUT2D eigenvalue weighted by atomic mass is 10.0. The molecule has 2 fully saturated rings. The maximum absolute atomic E-state index is 13.8. The highest BCUT2D eigenvalue weighted by Crippen LogP contribution is 2.35. The molecule has 0 bridgehead atoms. The molecule has 268 valence electrons. The van der Waals surface area contributed by atoms with E-state index in [1.165, 1.54) is 7.11 Å². The Morgan fingerprint density at radius 2 is 1.27 bits per heavy atom. The molecule has 0 radical (unpaired) electrons. The summed E-state index contributed by atoms with van der Waals surface area (Å²) in [6, 6.07) is 24.8. The van der Waals surface area contributed by atoms with Crippen molar-refractivity contribution in [3.63, 3.8) is 0 Å². The first-order valence-electron chi connectivity index (χ1n) is 17.7. The summed E-state index contributed by atoms with van der Waals surface area (Å²) in [5.41, 5.74) is 6.67. The van der Waals surface area contributed by atoms with E-state index in [1.54, 1.807) is 4.90 Å². The number of ether oxygens (including phenoxy) is 1. The van der Waals surface area contributed by atoms with Gasteiger partial charge in [-0.3, -0.25) is 9.59 Å². The number of rotatable bonds is 10. The summed E-state index contributed by atoms with van der Waals surface area (Å²) in [4.78, 5) is 60.7. The van der Waals surface area contributed by atoms with E-state index in [1.807, 2.05) is 66.6 Å². The summed E-state index contributed by atoms with van der Waals surface area (Å²) in [7, 11) is 5.11. The molecule has 52 heavy (non-hydrogen) atoms. The molecule has 3 aromatic carbocycles. The second kappa shape index (κ2) is 15.2. The quantitative estimate of drug-likeness (QED) is 0.160. The average molecular weight is 701 g/mol. The number of benzene rings is 3. The van der Waals surface area contributed by atoms with Gasteiger partial charge in [0.15, 0.2) is 0 Å². The number of alkyl carbamates (subject to hydrolysis) is 1. The van der Waals surface area contributed by atoms with Crippen LogP contribution in [0.15, 0.2) is 91.3 Å². The number of aromatic nitrogens is 4. The number of likely N-dealkylation sites (N-methyl/N-ethyl adjacent to an activating group) is 1. The molecule has 0 spiro atoms. The molecular formula is C40H44N8O4. The molecule has 4 heterocycles. The number of H-pyrrole nitrogens is 2. The van der Waals surface area contributed by atoms with Crippen molar-refractivity contribution in [3.05, 3.63) is 108 Å². The summed E-state index contributed by atoms with van der Waals surface area (Å²) >= 11 is 0. The minimum absolute atomic E-state index is 0.0214. The number of nitrogens with zero attached hydrogens (tertiary/aromatic N) is 5. The minimum atomic E-state index is -0.866. The van der Waals surface area contributed by atoms with Crippen LogP contribution < -0.4 is 5.32 Å². The lowest BCUT2D eigenvalue weighted by Gasteiger charge is -2.28. The van der Waals surface area contributed by atoms with Crippen LogP contribution in [0.1, 0.15) is 61.0 Å². The molecule has 12 nitrogen and oxygen atoms in total. The van der Waals surface area contributed by atoms with Crippen LogP contribution >= 0.6 is 0 Å². The van der Waals surface area contributed by atoms with E-state index in [9.17, 15) is 14.4 Å². The van der Waals surface area contributed by atoms with E-state index in [2.05, 4.69) is 68.8 Å². The van der Waals surface area contributed by atoms with Gasteiger partial charge in [0.1, 0.15) is 17.7 Å². The van der Waals surface area contributed by atoms with Crippen LogP contribution in [0, 0.1) is 0 Å². The van der Waals surface area contributed by atoms with Gasteiger partial charge in [0, 0.05) is 13.1 Å². The molecular weight excluding hydrogens is 656 g/mol. The van der Waals surface area contributed by atoms with Crippen LogP contribution in [0.2, 0.25) is 0 Å². The normalized spacial score (nSPS) is 17.8. The van der Waals surface area contributed by atoms with Crippen molar-refractivity contribution >= 4 is 17.9 Å². The van der Waals surface area contributed by atoms with E-state index in [0.717, 1.165) is 71.7 Å². The molecule has 7 rings (SSSR count). The van der Waals surface area contributed by atoms with Crippen molar-refractivity contribution < 1.29 is 19.1 Å². The zero-order valence-electron chi connectivity index (χ0n) is 29.7. The number of likely N-dealkylation sites (tertiary alicyclic amines) is 2. The highest BCUT2D eigenvalue weighted by atomic mass is 16.5. The smallest absolute Gasteiger partial charge is 0.407 e. The van der Waals surface area contributed by atoms with Crippen LogP contribution in [0.4, 0.5) is 4.79 Å². The van der Waals surface area contributed by atoms with Gasteiger partial charge in [-0.1, -0.05) is 78.9 Å². The van der Waals surface area contributed by atoms with Gasteiger partial charge >= 0.3 is 6.09 Å². The topological polar surface area (TPSA) is 140 Å². The number of carbonyl (C=O) groups excluding carboxylic acids is 3. The largest absolute Gasteiger partial charge is 0.453 e. The standard InChI is InChI=1S/C40H44N8O4/c1-46(2)25-35(49)47-21-7-11-33(47)37-41-23-31(43-37)28-17-13-26(14-18-28)27-15-19-29(20-16-27)32-24-42-38(44-32)34-12-8-22-48(34)39(50)36(45-40(51)52-3)30-9-5-4-6-10-30/h4-6,9-10,13-20,23-24,33-34,36H,7-8,11-12,21-22,25H2,1-3H3,(H,41,43)(H,42,44)(H,45,51)/t33-,34-,36+/m0/s1. The van der Waals surface area contributed by atoms with Gasteiger partial charge in [-0.2, -0.15) is 0 Å². The predicted molar refractivity (Wildman–Crippen MR) is 198 cm³/mol. The van der Waals surface area contributed by atoms with Gasteiger partial charge in [-0.25, -0.2) is 14.8 Å². The van der Waals surface area contributed by atoms with Gasteiger partial charge in [0.25, 0.3) is 5.91 Å². The highest BCUT2D eigenvalue weighted by Gasteiger charge is 2.37. The molecule has 2 aliphatic rings. The summed E-state index contributed by atoms with van der Waals surface area (Å²) in [5, 5.41) is 2.71. The number of nitrogens with one attached hydrogen (secondary N) is 3. The van der Waals surface area contributed by atoms with E-state index in [0.29, 0.717) is 24.5 Å². The van der Waals surface area contributed by atoms with Crippen molar-refractivity contribution in [1.29, 1.82) is 0 Å². The van der Waals surface area contributed by atoms with Crippen LogP contribution in [-0.2, 0) is 14.3 Å². The molecule has 2 aliphatic heterocycles. The van der Waals surface area contributed by atoms with Gasteiger partial charge in [-0.05, 0) is 67.6 Å². The predicted octanol–water partition coefficient (Wildman–Crippen LogP) is 6.12. The molecule has 5 aromatic rings. The zero-order chi connectivity index (χ0) is 36.2. The van der Waals surface area contributed by atoms with E-state index in [-0.39, 0.29) is 23.9 Å². The van der Waals surface area contributed by atoms with E-state index in [4.69, 9.17) is 9.72 Å². The molecule has 3 amide bonds. The maximum atomic E-state index is 13.8. The SMILES string of the molecule is COC(=O)N[C@@H](C(=O)N1CCC[C@H]1c1ncc(-c2ccc(-c3ccc(-c4cnc([C@@H]5CCCN5C(=O)CN(C)C)[nH]4)cc3)cc2)[nH]1)c1ccccc1. The summed E-state index contributed by atoms with van der Waals surface area (Å²) in [6.07, 6.45) is 6.48. The average Bonchev–Trinajstić information content (AvgIpc) is 4.00. The molecule has 12 heteroatoms. The van der Waals surface area contributed by atoms with Crippen molar-refractivity contribution in [2.24, 2.45) is 0 Å². The molecule has 2 saturated heterocycles. The number of imidazole rings is 2. The van der Waals surface area contributed by atoms with E-state index < -0.39 is 12.1 Å². The van der Waals surface area contributed by atoms with Gasteiger partial charge in [0.05, 0.1) is 49.5 Å². The highest BCUT2D eigenvalue weighted by molar-refractivity contribution is 5.87. The Kier molecular flexibility index (Phi) is 10.2. The van der Waals surface area contributed by atoms with Crippen molar-refractivity contribution in [1.82, 2.24) is 40.0 Å². The summed E-state index contributed by atoms with van der Waals surface area (Å²) < 4.78 is 4.82. The minimum Gasteiger partial charge on any atom is -0.453 e. The first-order valence-corrected chi connectivity index (χ1v) is 17.7. The fraction of sp³-hybridized carbons (Fsp3) is 0.325. The van der Waals surface area contributed by atoms with Crippen LogP contribution in [0.5, 0.6) is 0 Å². The fourth-order valence-corrected chi connectivity index (χ4v) is 7.29. The Balaban J connectivity index is 1.02. The Labute approximate surface area is 303 Å². The summed E-state index contributed by atoms with van der Waals surface area (Å²) in [6.45, 7) is 1.72. The van der Waals surface area contributed by atoms with Crippen LogP contribution in [-0.4, -0.2) is 93.4 Å². The Morgan fingerprint density at radius 3 is 1.79 bits per heavy atom. The first kappa shape index (κ1) is 34.7. The number of hydrogen-bond acceptors (Lipinski definition) is 7. The number of methoxy groups -OCH3 is 1. The Morgan fingerprint density at radius 1 is 0.769 bits per heavy atom. The van der Waals surface area contributed by atoms with Gasteiger partial charge in [-0.15, -0.1) is 0 Å². The molecule has 3 atom stereocenters. The van der Waals surface area contributed by atoms with Crippen molar-refractivity contribution in [2.45, 2.75) is 43.8 Å². The van der Waals surface area contributed by atoms with Crippen LogP contribution in [0.25, 0.3) is 33.6 Å². The van der Waals surface area contributed by atoms with E-state index >= 15 is 0 Å². The maximum Gasteiger partial charge on any atom is 0.407 e. The fourth-order valence-electron chi connectivity index (χ4n) is 7.29. The Hall–Kier alpha value is -5.75.